The van der Waals surface area contributed by atoms with Crippen molar-refractivity contribution in [3.8, 4) is 11.5 Å². The Bertz CT molecular complexity index is 438. The fourth-order valence-corrected chi connectivity index (χ4v) is 2.34. The first-order valence-electron chi connectivity index (χ1n) is 5.79. The van der Waals surface area contributed by atoms with E-state index in [1.165, 1.54) is 0 Å². The molecule has 0 aromatic heterocycles. The molecule has 0 unspecified atom stereocenters. The molecule has 1 heterocycles. The molecule has 1 aliphatic rings. The number of nitrogens with two attached hydrogens (primary N) is 1. The zero-order chi connectivity index (χ0) is 12.6. The van der Waals surface area contributed by atoms with Crippen molar-refractivity contribution in [1.29, 1.82) is 0 Å². The highest BCUT2D eigenvalue weighted by Gasteiger charge is 2.25. The summed E-state index contributed by atoms with van der Waals surface area (Å²) in [6.07, 6.45) is 0.867. The van der Waals surface area contributed by atoms with Crippen LogP contribution >= 0.6 is 11.6 Å². The van der Waals surface area contributed by atoms with Crippen LogP contribution in [0.3, 0.4) is 0 Å². The summed E-state index contributed by atoms with van der Waals surface area (Å²) in [5.41, 5.74) is 7.70. The van der Waals surface area contributed by atoms with Crippen LogP contribution in [-0.4, -0.2) is 13.2 Å². The first kappa shape index (κ1) is 12.5. The van der Waals surface area contributed by atoms with E-state index in [1.807, 2.05) is 26.8 Å². The SMILES string of the molecule is Cc1c(C(C)(C)N)cc(Cl)c2c1OCCCO2. The van der Waals surface area contributed by atoms with Crippen LogP contribution in [0.1, 0.15) is 31.4 Å². The molecule has 0 saturated carbocycles. The van der Waals surface area contributed by atoms with Gasteiger partial charge in [0.15, 0.2) is 11.5 Å². The maximum absolute atomic E-state index is 6.24. The Morgan fingerprint density at radius 1 is 1.24 bits per heavy atom. The average Bonchev–Trinajstić information content (AvgIpc) is 2.47. The van der Waals surface area contributed by atoms with E-state index in [0.717, 1.165) is 23.3 Å². The molecule has 0 spiro atoms. The van der Waals surface area contributed by atoms with Gasteiger partial charge in [0, 0.05) is 17.5 Å². The minimum atomic E-state index is -0.446. The van der Waals surface area contributed by atoms with Gasteiger partial charge in [-0.1, -0.05) is 11.6 Å². The fourth-order valence-electron chi connectivity index (χ4n) is 2.09. The number of ether oxygens (including phenoxy) is 2. The van der Waals surface area contributed by atoms with Crippen LogP contribution in [0.15, 0.2) is 6.07 Å². The van der Waals surface area contributed by atoms with E-state index in [4.69, 9.17) is 26.8 Å². The number of halogens is 1. The summed E-state index contributed by atoms with van der Waals surface area (Å²) < 4.78 is 11.4. The van der Waals surface area contributed by atoms with Crippen molar-refractivity contribution in [3.63, 3.8) is 0 Å². The molecule has 1 aromatic rings. The predicted octanol–water partition coefficient (Wildman–Crippen LogP) is 3.00. The normalized spacial score (nSPS) is 15.6. The summed E-state index contributed by atoms with van der Waals surface area (Å²) >= 11 is 6.24. The van der Waals surface area contributed by atoms with Crippen LogP contribution in [0.4, 0.5) is 0 Å². The number of hydrogen-bond donors (Lipinski definition) is 1. The third kappa shape index (κ3) is 2.35. The van der Waals surface area contributed by atoms with E-state index >= 15 is 0 Å². The molecule has 0 atom stereocenters. The van der Waals surface area contributed by atoms with Gasteiger partial charge >= 0.3 is 0 Å². The van der Waals surface area contributed by atoms with Crippen LogP contribution in [0, 0.1) is 6.92 Å². The minimum absolute atomic E-state index is 0.446. The van der Waals surface area contributed by atoms with Gasteiger partial charge in [-0.05, 0) is 32.4 Å². The lowest BCUT2D eigenvalue weighted by atomic mass is 9.91. The molecular weight excluding hydrogens is 238 g/mol. The van der Waals surface area contributed by atoms with Crippen molar-refractivity contribution < 1.29 is 9.47 Å². The molecule has 17 heavy (non-hydrogen) atoms. The van der Waals surface area contributed by atoms with E-state index in [2.05, 4.69) is 0 Å². The summed E-state index contributed by atoms with van der Waals surface area (Å²) in [5.74, 6) is 1.39. The second kappa shape index (κ2) is 4.39. The first-order valence-corrected chi connectivity index (χ1v) is 6.17. The highest BCUT2D eigenvalue weighted by atomic mass is 35.5. The second-order valence-corrected chi connectivity index (χ2v) is 5.37. The number of fused-ring (bicyclic) bond motifs is 1. The summed E-state index contributed by atoms with van der Waals surface area (Å²) in [4.78, 5) is 0. The zero-order valence-electron chi connectivity index (χ0n) is 10.5. The Morgan fingerprint density at radius 2 is 1.82 bits per heavy atom. The maximum atomic E-state index is 6.24. The van der Waals surface area contributed by atoms with Crippen molar-refractivity contribution in [2.75, 3.05) is 13.2 Å². The molecule has 0 saturated heterocycles. The number of rotatable bonds is 1. The van der Waals surface area contributed by atoms with Gasteiger partial charge in [0.2, 0.25) is 0 Å². The summed E-state index contributed by atoms with van der Waals surface area (Å²) in [6, 6.07) is 1.88. The molecule has 0 bridgehead atoms. The lowest BCUT2D eigenvalue weighted by Gasteiger charge is -2.24. The third-order valence-corrected chi connectivity index (χ3v) is 3.20. The first-order chi connectivity index (χ1) is 7.91. The molecule has 4 heteroatoms. The smallest absolute Gasteiger partial charge is 0.180 e. The maximum Gasteiger partial charge on any atom is 0.180 e. The summed E-state index contributed by atoms with van der Waals surface area (Å²) in [5, 5.41) is 0.570. The largest absolute Gasteiger partial charge is 0.489 e. The number of benzene rings is 1. The van der Waals surface area contributed by atoms with Gasteiger partial charge in [0.05, 0.1) is 18.2 Å². The van der Waals surface area contributed by atoms with Gasteiger partial charge in [-0.2, -0.15) is 0 Å². The average molecular weight is 256 g/mol. The molecule has 1 aromatic carbocycles. The monoisotopic (exact) mass is 255 g/mol. The van der Waals surface area contributed by atoms with E-state index < -0.39 is 5.54 Å². The van der Waals surface area contributed by atoms with E-state index in [-0.39, 0.29) is 0 Å². The third-order valence-electron chi connectivity index (χ3n) is 2.91. The van der Waals surface area contributed by atoms with Gasteiger partial charge in [-0.15, -0.1) is 0 Å². The summed E-state index contributed by atoms with van der Waals surface area (Å²) in [7, 11) is 0. The standard InChI is InChI=1S/C13H18ClNO2/c1-8-9(13(2,3)15)7-10(14)12-11(8)16-5-4-6-17-12/h7H,4-6,15H2,1-3H3. The topological polar surface area (TPSA) is 44.5 Å². The van der Waals surface area contributed by atoms with Crippen molar-refractivity contribution in [1.82, 2.24) is 0 Å². The molecule has 0 fully saturated rings. The van der Waals surface area contributed by atoms with Crippen LogP contribution < -0.4 is 15.2 Å². The molecule has 2 N–H and O–H groups in total. The van der Waals surface area contributed by atoms with Crippen LogP contribution in [0.25, 0.3) is 0 Å². The van der Waals surface area contributed by atoms with E-state index in [0.29, 0.717) is 24.0 Å². The van der Waals surface area contributed by atoms with Gasteiger partial charge < -0.3 is 15.2 Å². The van der Waals surface area contributed by atoms with Crippen molar-refractivity contribution in [3.05, 3.63) is 22.2 Å². The Morgan fingerprint density at radius 3 is 2.41 bits per heavy atom. The predicted molar refractivity (Wildman–Crippen MR) is 69.0 cm³/mol. The van der Waals surface area contributed by atoms with Gasteiger partial charge in [-0.25, -0.2) is 0 Å². The zero-order valence-corrected chi connectivity index (χ0v) is 11.2. The molecule has 0 radical (unpaired) electrons. The molecule has 94 valence electrons. The van der Waals surface area contributed by atoms with Gasteiger partial charge in [0.25, 0.3) is 0 Å². The molecule has 2 rings (SSSR count). The van der Waals surface area contributed by atoms with E-state index in [1.54, 1.807) is 0 Å². The molecule has 1 aliphatic heterocycles. The Balaban J connectivity index is 2.61. The fraction of sp³-hybridized carbons (Fsp3) is 0.538. The lowest BCUT2D eigenvalue weighted by molar-refractivity contribution is 0.296. The molecular formula is C13H18ClNO2. The van der Waals surface area contributed by atoms with Crippen molar-refractivity contribution in [2.24, 2.45) is 5.73 Å². The van der Waals surface area contributed by atoms with Gasteiger partial charge in [-0.3, -0.25) is 0 Å². The van der Waals surface area contributed by atoms with Crippen molar-refractivity contribution in [2.45, 2.75) is 32.7 Å². The summed E-state index contributed by atoms with van der Waals surface area (Å²) in [6.45, 7) is 7.19. The van der Waals surface area contributed by atoms with Crippen LogP contribution in [-0.2, 0) is 5.54 Å². The highest BCUT2D eigenvalue weighted by molar-refractivity contribution is 6.32. The van der Waals surface area contributed by atoms with Crippen molar-refractivity contribution >= 4 is 11.6 Å². The van der Waals surface area contributed by atoms with E-state index in [9.17, 15) is 0 Å². The molecule has 3 nitrogen and oxygen atoms in total. The minimum Gasteiger partial charge on any atom is -0.489 e. The van der Waals surface area contributed by atoms with Gasteiger partial charge in [0.1, 0.15) is 0 Å². The lowest BCUT2D eigenvalue weighted by Crippen LogP contribution is -2.29. The van der Waals surface area contributed by atoms with Crippen LogP contribution in [0.2, 0.25) is 5.02 Å². The second-order valence-electron chi connectivity index (χ2n) is 4.96. The molecule has 0 aliphatic carbocycles. The Hall–Kier alpha value is -0.930. The number of hydrogen-bond acceptors (Lipinski definition) is 3. The van der Waals surface area contributed by atoms with Crippen LogP contribution in [0.5, 0.6) is 11.5 Å². The highest BCUT2D eigenvalue weighted by Crippen LogP contribution is 2.43. The molecule has 0 amide bonds. The quantitative estimate of drug-likeness (QED) is 0.839. The Labute approximate surface area is 107 Å². The Kier molecular flexibility index (Phi) is 3.23.